The first-order valence-electron chi connectivity index (χ1n) is 6.29. The Kier molecular flexibility index (Phi) is 4.59. The Morgan fingerprint density at radius 3 is 2.19 bits per heavy atom. The van der Waals surface area contributed by atoms with Gasteiger partial charge in [-0.05, 0) is 40.7 Å². The van der Waals surface area contributed by atoms with Crippen LogP contribution in [0.2, 0.25) is 0 Å². The number of piperidine rings is 1. The number of hydrogen-bond acceptors (Lipinski definition) is 2. The second kappa shape index (κ2) is 5.53. The summed E-state index contributed by atoms with van der Waals surface area (Å²) in [6.45, 7) is 9.63. The lowest BCUT2D eigenvalue weighted by molar-refractivity contribution is 0.124. The lowest BCUT2D eigenvalue weighted by Crippen LogP contribution is -2.54. The second-order valence-electron chi connectivity index (χ2n) is 4.75. The molecule has 1 aliphatic rings. The van der Waals surface area contributed by atoms with Crippen LogP contribution in [0.1, 0.15) is 33.6 Å². The number of urea groups is 1. The maximum absolute atomic E-state index is 12.1. The first-order chi connectivity index (χ1) is 7.56. The average molecular weight is 227 g/mol. The van der Waals surface area contributed by atoms with Gasteiger partial charge in [-0.1, -0.05) is 0 Å². The third kappa shape index (κ3) is 2.88. The number of nitrogens with zero attached hydrogens (tertiary/aromatic N) is 2. The predicted molar refractivity (Wildman–Crippen MR) is 66.6 cm³/mol. The van der Waals surface area contributed by atoms with Crippen molar-refractivity contribution in [2.75, 3.05) is 33.2 Å². The molecule has 94 valence electrons. The Hall–Kier alpha value is -0.770. The zero-order chi connectivity index (χ0) is 12.2. The lowest BCUT2D eigenvalue weighted by Gasteiger charge is -2.40. The van der Waals surface area contributed by atoms with E-state index in [0.29, 0.717) is 0 Å². The molecule has 1 aliphatic heterocycles. The summed E-state index contributed by atoms with van der Waals surface area (Å²) in [5.74, 6) is 0. The zero-order valence-corrected chi connectivity index (χ0v) is 11.0. The first kappa shape index (κ1) is 13.3. The van der Waals surface area contributed by atoms with Gasteiger partial charge in [-0.3, -0.25) is 0 Å². The summed E-state index contributed by atoms with van der Waals surface area (Å²) >= 11 is 0. The summed E-state index contributed by atoms with van der Waals surface area (Å²) in [4.78, 5) is 16.0. The molecular weight excluding hydrogens is 202 g/mol. The fraction of sp³-hybridized carbons (Fsp3) is 0.917. The van der Waals surface area contributed by atoms with Crippen LogP contribution in [0.4, 0.5) is 4.79 Å². The van der Waals surface area contributed by atoms with Crippen LogP contribution in [-0.4, -0.2) is 54.6 Å². The molecule has 1 rings (SSSR count). The molecule has 16 heavy (non-hydrogen) atoms. The van der Waals surface area contributed by atoms with Crippen molar-refractivity contribution in [1.29, 1.82) is 0 Å². The predicted octanol–water partition coefficient (Wildman–Crippen LogP) is 1.52. The van der Waals surface area contributed by atoms with Gasteiger partial charge in [0.1, 0.15) is 0 Å². The molecule has 0 unspecified atom stereocenters. The highest BCUT2D eigenvalue weighted by molar-refractivity contribution is 5.74. The highest BCUT2D eigenvalue weighted by Gasteiger charge is 2.31. The topological polar surface area (TPSA) is 35.6 Å². The van der Waals surface area contributed by atoms with E-state index < -0.39 is 0 Å². The van der Waals surface area contributed by atoms with E-state index in [1.165, 1.54) is 0 Å². The number of likely N-dealkylation sites (tertiary alicyclic amines) is 1. The molecule has 1 fully saturated rings. The minimum absolute atomic E-state index is 0.197. The fourth-order valence-electron chi connectivity index (χ4n) is 2.14. The Bertz CT molecular complexity index is 230. The highest BCUT2D eigenvalue weighted by atomic mass is 16.2. The van der Waals surface area contributed by atoms with Gasteiger partial charge in [0.2, 0.25) is 0 Å². The molecule has 0 saturated carbocycles. The summed E-state index contributed by atoms with van der Waals surface area (Å²) < 4.78 is 0. The highest BCUT2D eigenvalue weighted by Crippen LogP contribution is 2.21. The summed E-state index contributed by atoms with van der Waals surface area (Å²) in [7, 11) is 2.00. The summed E-state index contributed by atoms with van der Waals surface area (Å²) in [5.41, 5.74) is 0.208. The molecule has 4 heteroatoms. The molecular formula is C12H25N3O. The van der Waals surface area contributed by atoms with Crippen LogP contribution in [0.3, 0.4) is 0 Å². The number of nitrogens with one attached hydrogen (secondary N) is 1. The molecule has 0 atom stereocenters. The van der Waals surface area contributed by atoms with E-state index >= 15 is 0 Å². The number of carbonyl (C=O) groups excluding carboxylic acids is 1. The molecule has 0 aliphatic carbocycles. The summed E-state index contributed by atoms with van der Waals surface area (Å²) in [6, 6.07) is 0.197. The molecule has 0 aromatic heterocycles. The van der Waals surface area contributed by atoms with Gasteiger partial charge in [0.25, 0.3) is 0 Å². The SMILES string of the molecule is CCN(CC)C(=O)N1CCC(C)(NC)CC1. The van der Waals surface area contributed by atoms with Crippen molar-refractivity contribution in [1.82, 2.24) is 15.1 Å². The zero-order valence-electron chi connectivity index (χ0n) is 11.0. The summed E-state index contributed by atoms with van der Waals surface area (Å²) in [5, 5.41) is 3.35. The van der Waals surface area contributed by atoms with Crippen LogP contribution in [0.25, 0.3) is 0 Å². The molecule has 2 amide bonds. The number of hydrogen-bond donors (Lipinski definition) is 1. The van der Waals surface area contributed by atoms with Gasteiger partial charge >= 0.3 is 6.03 Å². The van der Waals surface area contributed by atoms with Crippen molar-refractivity contribution in [3.05, 3.63) is 0 Å². The van der Waals surface area contributed by atoms with Gasteiger partial charge in [-0.25, -0.2) is 4.79 Å². The van der Waals surface area contributed by atoms with E-state index in [2.05, 4.69) is 12.2 Å². The van der Waals surface area contributed by atoms with Crippen molar-refractivity contribution in [3.8, 4) is 0 Å². The molecule has 0 bridgehead atoms. The maximum Gasteiger partial charge on any atom is 0.319 e. The quantitative estimate of drug-likeness (QED) is 0.793. The van der Waals surface area contributed by atoms with Gasteiger partial charge in [-0.2, -0.15) is 0 Å². The second-order valence-corrected chi connectivity index (χ2v) is 4.75. The minimum atomic E-state index is 0.197. The van der Waals surface area contributed by atoms with Crippen LogP contribution in [0, 0.1) is 0 Å². The van der Waals surface area contributed by atoms with Crippen molar-refractivity contribution < 1.29 is 4.79 Å². The van der Waals surface area contributed by atoms with E-state index in [9.17, 15) is 4.79 Å². The van der Waals surface area contributed by atoms with Gasteiger partial charge in [-0.15, -0.1) is 0 Å². The van der Waals surface area contributed by atoms with Crippen LogP contribution < -0.4 is 5.32 Å². The minimum Gasteiger partial charge on any atom is -0.325 e. The standard InChI is InChI=1S/C12H25N3O/c1-5-14(6-2)11(16)15-9-7-12(3,13-4)8-10-15/h13H,5-10H2,1-4H3. The summed E-state index contributed by atoms with van der Waals surface area (Å²) in [6.07, 6.45) is 2.08. The van der Waals surface area contributed by atoms with Crippen molar-refractivity contribution in [2.45, 2.75) is 39.2 Å². The molecule has 0 aromatic carbocycles. The van der Waals surface area contributed by atoms with Gasteiger partial charge in [0.15, 0.2) is 0 Å². The number of carbonyl (C=O) groups is 1. The molecule has 0 spiro atoms. The number of rotatable bonds is 3. The molecule has 1 N–H and O–H groups in total. The van der Waals surface area contributed by atoms with Gasteiger partial charge in [0, 0.05) is 31.7 Å². The maximum atomic E-state index is 12.1. The largest absolute Gasteiger partial charge is 0.325 e. The Labute approximate surface area is 99.0 Å². The monoisotopic (exact) mass is 227 g/mol. The lowest BCUT2D eigenvalue weighted by atomic mass is 9.90. The van der Waals surface area contributed by atoms with E-state index in [1.807, 2.05) is 30.7 Å². The van der Waals surface area contributed by atoms with Crippen LogP contribution >= 0.6 is 0 Å². The van der Waals surface area contributed by atoms with Crippen LogP contribution in [0.5, 0.6) is 0 Å². The van der Waals surface area contributed by atoms with E-state index in [1.54, 1.807) is 0 Å². The van der Waals surface area contributed by atoms with Crippen molar-refractivity contribution in [2.24, 2.45) is 0 Å². The van der Waals surface area contributed by atoms with E-state index in [-0.39, 0.29) is 11.6 Å². The Morgan fingerprint density at radius 1 is 1.31 bits per heavy atom. The van der Waals surface area contributed by atoms with Crippen molar-refractivity contribution in [3.63, 3.8) is 0 Å². The van der Waals surface area contributed by atoms with E-state index in [4.69, 9.17) is 0 Å². The molecule has 1 saturated heterocycles. The van der Waals surface area contributed by atoms with E-state index in [0.717, 1.165) is 39.0 Å². The van der Waals surface area contributed by atoms with Crippen LogP contribution in [-0.2, 0) is 0 Å². The Morgan fingerprint density at radius 2 is 1.81 bits per heavy atom. The first-order valence-corrected chi connectivity index (χ1v) is 6.29. The van der Waals surface area contributed by atoms with Gasteiger partial charge < -0.3 is 15.1 Å². The smallest absolute Gasteiger partial charge is 0.319 e. The Balaban J connectivity index is 2.50. The normalized spacial score (nSPS) is 19.6. The van der Waals surface area contributed by atoms with Gasteiger partial charge in [0.05, 0.1) is 0 Å². The average Bonchev–Trinajstić information content (AvgIpc) is 2.31. The molecule has 4 nitrogen and oxygen atoms in total. The molecule has 0 aromatic rings. The number of amides is 2. The third-order valence-corrected chi connectivity index (χ3v) is 3.78. The molecule has 0 radical (unpaired) electrons. The fourth-order valence-corrected chi connectivity index (χ4v) is 2.14. The van der Waals surface area contributed by atoms with Crippen LogP contribution in [0.15, 0.2) is 0 Å². The van der Waals surface area contributed by atoms with Crippen molar-refractivity contribution >= 4 is 6.03 Å². The third-order valence-electron chi connectivity index (χ3n) is 3.78. The molecule has 1 heterocycles.